The highest BCUT2D eigenvalue weighted by molar-refractivity contribution is 6.01. The third-order valence-corrected chi connectivity index (χ3v) is 5.76. The van der Waals surface area contributed by atoms with Gasteiger partial charge in [0.15, 0.2) is 12.4 Å². The zero-order valence-electron chi connectivity index (χ0n) is 18.6. The SMILES string of the molecule is Cc1ccc(Oc2ccc(N3C[C@H](C(=O)OCC(=O)c4ccccc4)CC3=O)cc2)cc1C. The number of nitrogens with zero attached hydrogens (tertiary/aromatic N) is 1. The van der Waals surface area contributed by atoms with Gasteiger partial charge in [0, 0.05) is 24.2 Å². The second-order valence-corrected chi connectivity index (χ2v) is 8.14. The Morgan fingerprint density at radius 2 is 1.61 bits per heavy atom. The summed E-state index contributed by atoms with van der Waals surface area (Å²) < 4.78 is 11.1. The maximum absolute atomic E-state index is 12.5. The summed E-state index contributed by atoms with van der Waals surface area (Å²) in [5.41, 5.74) is 3.51. The minimum Gasteiger partial charge on any atom is -0.457 e. The molecule has 1 amide bonds. The highest BCUT2D eigenvalue weighted by Gasteiger charge is 2.36. The molecule has 0 radical (unpaired) electrons. The van der Waals surface area contributed by atoms with E-state index in [2.05, 4.69) is 0 Å². The quantitative estimate of drug-likeness (QED) is 0.385. The Bertz CT molecular complexity index is 1170. The molecular weight excluding hydrogens is 418 g/mol. The molecule has 0 N–H and O–H groups in total. The first-order chi connectivity index (χ1) is 15.9. The van der Waals surface area contributed by atoms with Crippen LogP contribution in [0.1, 0.15) is 27.9 Å². The Morgan fingerprint density at radius 3 is 2.30 bits per heavy atom. The molecule has 1 saturated heterocycles. The third kappa shape index (κ3) is 5.29. The number of amides is 1. The van der Waals surface area contributed by atoms with E-state index in [0.717, 1.165) is 11.3 Å². The lowest BCUT2D eigenvalue weighted by molar-refractivity contribution is -0.147. The summed E-state index contributed by atoms with van der Waals surface area (Å²) in [6.07, 6.45) is 0.0548. The Hall–Kier alpha value is -3.93. The molecule has 1 aliphatic rings. The number of hydrogen-bond donors (Lipinski definition) is 0. The van der Waals surface area contributed by atoms with E-state index < -0.39 is 11.9 Å². The van der Waals surface area contributed by atoms with Crippen molar-refractivity contribution in [3.05, 3.63) is 89.5 Å². The number of anilines is 1. The summed E-state index contributed by atoms with van der Waals surface area (Å²) >= 11 is 0. The van der Waals surface area contributed by atoms with Crippen LogP contribution in [0.25, 0.3) is 0 Å². The molecule has 6 nitrogen and oxygen atoms in total. The number of aryl methyl sites for hydroxylation is 2. The van der Waals surface area contributed by atoms with Crippen LogP contribution in [-0.4, -0.2) is 30.8 Å². The zero-order valence-corrected chi connectivity index (χ0v) is 18.6. The molecule has 1 atom stereocenters. The van der Waals surface area contributed by atoms with E-state index in [1.807, 2.05) is 38.1 Å². The van der Waals surface area contributed by atoms with E-state index in [0.29, 0.717) is 17.0 Å². The Morgan fingerprint density at radius 1 is 0.909 bits per heavy atom. The molecule has 0 saturated carbocycles. The number of ketones is 1. The molecule has 1 heterocycles. The van der Waals surface area contributed by atoms with E-state index in [1.54, 1.807) is 53.4 Å². The van der Waals surface area contributed by atoms with Gasteiger partial charge in [-0.25, -0.2) is 0 Å². The van der Waals surface area contributed by atoms with Gasteiger partial charge in [0.2, 0.25) is 5.91 Å². The molecule has 3 aromatic rings. The zero-order chi connectivity index (χ0) is 23.4. The summed E-state index contributed by atoms with van der Waals surface area (Å²) in [4.78, 5) is 38.7. The van der Waals surface area contributed by atoms with Crippen molar-refractivity contribution in [2.24, 2.45) is 5.92 Å². The fourth-order valence-corrected chi connectivity index (χ4v) is 3.68. The van der Waals surface area contributed by atoms with Gasteiger partial charge in [-0.05, 0) is 61.4 Å². The van der Waals surface area contributed by atoms with E-state index in [4.69, 9.17) is 9.47 Å². The van der Waals surface area contributed by atoms with Crippen molar-refractivity contribution in [2.75, 3.05) is 18.1 Å². The first-order valence-electron chi connectivity index (χ1n) is 10.8. The van der Waals surface area contributed by atoms with Gasteiger partial charge in [0.05, 0.1) is 5.92 Å². The van der Waals surface area contributed by atoms with Crippen LogP contribution in [0.3, 0.4) is 0 Å². The van der Waals surface area contributed by atoms with Crippen LogP contribution in [0.15, 0.2) is 72.8 Å². The van der Waals surface area contributed by atoms with Crippen molar-refractivity contribution >= 4 is 23.3 Å². The average Bonchev–Trinajstić information content (AvgIpc) is 3.22. The topological polar surface area (TPSA) is 72.9 Å². The number of hydrogen-bond acceptors (Lipinski definition) is 5. The third-order valence-electron chi connectivity index (χ3n) is 5.76. The monoisotopic (exact) mass is 443 g/mol. The number of benzene rings is 3. The number of carbonyl (C=O) groups excluding carboxylic acids is 3. The van der Waals surface area contributed by atoms with Gasteiger partial charge in [0.25, 0.3) is 0 Å². The molecule has 168 valence electrons. The average molecular weight is 443 g/mol. The number of Topliss-reactive ketones (excluding diaryl/α,β-unsaturated/α-hetero) is 1. The van der Waals surface area contributed by atoms with Gasteiger partial charge in [-0.3, -0.25) is 14.4 Å². The molecule has 1 fully saturated rings. The van der Waals surface area contributed by atoms with Crippen LogP contribution in [0.5, 0.6) is 11.5 Å². The molecule has 33 heavy (non-hydrogen) atoms. The Labute approximate surface area is 192 Å². The predicted molar refractivity (Wildman–Crippen MR) is 125 cm³/mol. The highest BCUT2D eigenvalue weighted by Crippen LogP contribution is 2.29. The van der Waals surface area contributed by atoms with Crippen molar-refractivity contribution in [3.8, 4) is 11.5 Å². The lowest BCUT2D eigenvalue weighted by Crippen LogP contribution is -2.27. The van der Waals surface area contributed by atoms with Gasteiger partial charge < -0.3 is 14.4 Å². The summed E-state index contributed by atoms with van der Waals surface area (Å²) in [6, 6.07) is 21.7. The number of ether oxygens (including phenoxy) is 2. The molecule has 0 unspecified atom stereocenters. The van der Waals surface area contributed by atoms with E-state index >= 15 is 0 Å². The van der Waals surface area contributed by atoms with Crippen molar-refractivity contribution in [3.63, 3.8) is 0 Å². The lowest BCUT2D eigenvalue weighted by atomic mass is 10.1. The summed E-state index contributed by atoms with van der Waals surface area (Å²) in [5.74, 6) is -0.170. The van der Waals surface area contributed by atoms with Gasteiger partial charge in [0.1, 0.15) is 11.5 Å². The van der Waals surface area contributed by atoms with E-state index in [-0.39, 0.29) is 31.3 Å². The van der Waals surface area contributed by atoms with Crippen molar-refractivity contribution in [1.29, 1.82) is 0 Å². The Balaban J connectivity index is 1.34. The van der Waals surface area contributed by atoms with Crippen molar-refractivity contribution < 1.29 is 23.9 Å². The van der Waals surface area contributed by atoms with Crippen molar-refractivity contribution in [1.82, 2.24) is 0 Å². The minimum absolute atomic E-state index is 0.0548. The number of carbonyl (C=O) groups is 3. The Kier molecular flexibility index (Phi) is 6.54. The van der Waals surface area contributed by atoms with Gasteiger partial charge in [-0.15, -0.1) is 0 Å². The molecule has 0 bridgehead atoms. The molecule has 0 spiro atoms. The number of esters is 1. The van der Waals surface area contributed by atoms with Gasteiger partial charge in [-0.2, -0.15) is 0 Å². The molecule has 1 aliphatic heterocycles. The van der Waals surface area contributed by atoms with Crippen LogP contribution >= 0.6 is 0 Å². The second kappa shape index (κ2) is 9.69. The van der Waals surface area contributed by atoms with Crippen LogP contribution in [0.2, 0.25) is 0 Å². The van der Waals surface area contributed by atoms with Crippen molar-refractivity contribution in [2.45, 2.75) is 20.3 Å². The second-order valence-electron chi connectivity index (χ2n) is 8.14. The van der Waals surface area contributed by atoms with E-state index in [1.165, 1.54) is 5.56 Å². The maximum atomic E-state index is 12.5. The summed E-state index contributed by atoms with van der Waals surface area (Å²) in [7, 11) is 0. The predicted octanol–water partition coefficient (Wildman–Crippen LogP) is 4.87. The summed E-state index contributed by atoms with van der Waals surface area (Å²) in [6.45, 7) is 3.96. The lowest BCUT2D eigenvalue weighted by Gasteiger charge is -2.17. The first kappa shape index (κ1) is 22.3. The van der Waals surface area contributed by atoms with E-state index in [9.17, 15) is 14.4 Å². The maximum Gasteiger partial charge on any atom is 0.311 e. The standard InChI is InChI=1S/C27H25NO5/c1-18-8-11-24(14-19(18)2)33-23-12-9-22(10-13-23)28-16-21(15-26(28)30)27(31)32-17-25(29)20-6-4-3-5-7-20/h3-14,21H,15-17H2,1-2H3/t21-/m1/s1. The largest absolute Gasteiger partial charge is 0.457 e. The molecule has 6 heteroatoms. The highest BCUT2D eigenvalue weighted by atomic mass is 16.5. The smallest absolute Gasteiger partial charge is 0.311 e. The van der Waals surface area contributed by atoms with Crippen LogP contribution < -0.4 is 9.64 Å². The molecule has 0 aliphatic carbocycles. The van der Waals surface area contributed by atoms with Crippen LogP contribution in [0.4, 0.5) is 5.69 Å². The van der Waals surface area contributed by atoms with Crippen LogP contribution in [0, 0.1) is 19.8 Å². The fourth-order valence-electron chi connectivity index (χ4n) is 3.68. The fraction of sp³-hybridized carbons (Fsp3) is 0.222. The molecule has 0 aromatic heterocycles. The van der Waals surface area contributed by atoms with Gasteiger partial charge in [-0.1, -0.05) is 36.4 Å². The molecule has 4 rings (SSSR count). The molecule has 3 aromatic carbocycles. The minimum atomic E-state index is -0.604. The van der Waals surface area contributed by atoms with Gasteiger partial charge >= 0.3 is 5.97 Å². The summed E-state index contributed by atoms with van der Waals surface area (Å²) in [5, 5.41) is 0. The number of rotatable bonds is 7. The normalized spacial score (nSPS) is 15.4. The first-order valence-corrected chi connectivity index (χ1v) is 10.8. The molecular formula is C27H25NO5. The van der Waals surface area contributed by atoms with Crippen LogP contribution in [-0.2, 0) is 14.3 Å².